The van der Waals surface area contributed by atoms with Crippen LogP contribution in [0.2, 0.25) is 0 Å². The van der Waals surface area contributed by atoms with Gasteiger partial charge in [-0.25, -0.2) is 13.6 Å². The summed E-state index contributed by atoms with van der Waals surface area (Å²) in [5.41, 5.74) is -0.476. The highest BCUT2D eigenvalue weighted by molar-refractivity contribution is 7.85. The van der Waals surface area contributed by atoms with Gasteiger partial charge in [0.2, 0.25) is 0 Å². The van der Waals surface area contributed by atoms with Crippen LogP contribution in [-0.2, 0) is 14.9 Å². The highest BCUT2D eigenvalue weighted by atomic mass is 32.2. The minimum atomic E-state index is -4.99. The van der Waals surface area contributed by atoms with E-state index in [0.717, 1.165) is 19.3 Å². The molecule has 5 rings (SSSR count). The summed E-state index contributed by atoms with van der Waals surface area (Å²) in [4.78, 5) is 11.0. The van der Waals surface area contributed by atoms with E-state index in [0.29, 0.717) is 29.9 Å². The Morgan fingerprint density at radius 2 is 1.65 bits per heavy atom. The lowest BCUT2D eigenvalue weighted by molar-refractivity contribution is -0.0848. The molecule has 5 nitrogen and oxygen atoms in total. The minimum absolute atomic E-state index is 0.0468. The Kier molecular flexibility index (Phi) is 4.11. The van der Waals surface area contributed by atoms with E-state index in [2.05, 4.69) is 0 Å². The van der Waals surface area contributed by atoms with Gasteiger partial charge < -0.3 is 4.74 Å². The summed E-state index contributed by atoms with van der Waals surface area (Å²) in [6, 6.07) is 1.20. The van der Waals surface area contributed by atoms with Gasteiger partial charge in [0.1, 0.15) is 4.90 Å². The lowest BCUT2D eigenvalue weighted by Crippen LogP contribution is -2.48. The number of rotatable bonds is 4. The van der Waals surface area contributed by atoms with Crippen molar-refractivity contribution in [3.05, 3.63) is 29.3 Å². The van der Waals surface area contributed by atoms with Crippen molar-refractivity contribution in [3.63, 3.8) is 0 Å². The normalized spacial score (nSPS) is 32.7. The maximum Gasteiger partial charge on any atom is 0.338 e. The van der Waals surface area contributed by atoms with Crippen LogP contribution in [0.5, 0.6) is 0 Å². The Bertz CT molecular complexity index is 829. The maximum atomic E-state index is 13.6. The molecule has 0 aliphatic heterocycles. The molecule has 0 atom stereocenters. The van der Waals surface area contributed by atoms with Crippen LogP contribution in [0.3, 0.4) is 0 Å². The zero-order valence-corrected chi connectivity index (χ0v) is 14.9. The highest BCUT2D eigenvalue weighted by Gasteiger charge is 2.51. The van der Waals surface area contributed by atoms with Crippen LogP contribution in [0.15, 0.2) is 17.0 Å². The molecule has 8 heteroatoms. The first-order valence-corrected chi connectivity index (χ1v) is 10.2. The van der Waals surface area contributed by atoms with Gasteiger partial charge in [0.15, 0.2) is 11.6 Å². The fraction of sp³-hybridized carbons (Fsp3) is 0.611. The molecule has 4 saturated carbocycles. The molecule has 0 saturated heterocycles. The van der Waals surface area contributed by atoms with Crippen LogP contribution in [0.25, 0.3) is 0 Å². The standard InChI is InChI=1S/C18H20F2O5S/c19-14-4-13(5-15(16(14)20)26(22,23)24)17(21)25-9-18-6-10-1-11(7-18)3-12(2-10)8-18/h4-5,10-12H,1-3,6-9H2,(H,22,23,24). The van der Waals surface area contributed by atoms with Crippen molar-refractivity contribution in [2.45, 2.75) is 43.4 Å². The molecule has 1 N–H and O–H groups in total. The molecule has 142 valence electrons. The van der Waals surface area contributed by atoms with Crippen LogP contribution in [0, 0.1) is 34.8 Å². The number of ether oxygens (including phenoxy) is 1. The smallest absolute Gasteiger partial charge is 0.338 e. The largest absolute Gasteiger partial charge is 0.462 e. The number of halogens is 2. The van der Waals surface area contributed by atoms with Crippen molar-refractivity contribution in [3.8, 4) is 0 Å². The molecule has 0 amide bonds. The summed E-state index contributed by atoms with van der Waals surface area (Å²) in [5, 5.41) is 0. The summed E-state index contributed by atoms with van der Waals surface area (Å²) in [5.74, 6) is -2.13. The second-order valence-electron chi connectivity index (χ2n) is 8.24. The van der Waals surface area contributed by atoms with E-state index in [9.17, 15) is 22.0 Å². The Morgan fingerprint density at radius 1 is 1.12 bits per heavy atom. The molecule has 0 heterocycles. The van der Waals surface area contributed by atoms with Gasteiger partial charge in [-0.15, -0.1) is 0 Å². The first-order valence-electron chi connectivity index (χ1n) is 8.79. The van der Waals surface area contributed by atoms with Gasteiger partial charge in [-0.1, -0.05) is 0 Å². The molecular weight excluding hydrogens is 366 g/mol. The van der Waals surface area contributed by atoms with E-state index in [1.165, 1.54) is 19.3 Å². The molecule has 0 aromatic heterocycles. The Labute approximate surface area is 150 Å². The summed E-state index contributed by atoms with van der Waals surface area (Å²) < 4.78 is 63.9. The number of esters is 1. The molecule has 0 radical (unpaired) electrons. The molecule has 4 aliphatic carbocycles. The van der Waals surface area contributed by atoms with Crippen molar-refractivity contribution < 1.29 is 31.3 Å². The van der Waals surface area contributed by atoms with E-state index in [-0.39, 0.29) is 12.0 Å². The Hall–Kier alpha value is -1.54. The lowest BCUT2D eigenvalue weighted by atomic mass is 9.50. The molecule has 0 unspecified atom stereocenters. The number of hydrogen-bond acceptors (Lipinski definition) is 4. The monoisotopic (exact) mass is 386 g/mol. The molecule has 4 fully saturated rings. The third-order valence-electron chi connectivity index (χ3n) is 6.18. The van der Waals surface area contributed by atoms with Crippen molar-refractivity contribution in [2.24, 2.45) is 23.2 Å². The van der Waals surface area contributed by atoms with Gasteiger partial charge in [-0.2, -0.15) is 8.42 Å². The van der Waals surface area contributed by atoms with E-state index >= 15 is 0 Å². The zero-order valence-electron chi connectivity index (χ0n) is 14.1. The number of carbonyl (C=O) groups is 1. The third kappa shape index (κ3) is 3.13. The average Bonchev–Trinajstić information content (AvgIpc) is 2.52. The summed E-state index contributed by atoms with van der Waals surface area (Å²) in [6.07, 6.45) is 6.78. The second-order valence-corrected chi connectivity index (χ2v) is 9.63. The fourth-order valence-electron chi connectivity index (χ4n) is 5.64. The van der Waals surface area contributed by atoms with Gasteiger partial charge in [-0.3, -0.25) is 4.55 Å². The van der Waals surface area contributed by atoms with Gasteiger partial charge in [-0.05, 0) is 68.4 Å². The molecule has 4 bridgehead atoms. The van der Waals surface area contributed by atoms with Crippen LogP contribution in [0.4, 0.5) is 8.78 Å². The van der Waals surface area contributed by atoms with Crippen molar-refractivity contribution in [2.75, 3.05) is 6.61 Å². The number of carbonyl (C=O) groups excluding carboxylic acids is 1. The van der Waals surface area contributed by atoms with Crippen molar-refractivity contribution in [1.82, 2.24) is 0 Å². The SMILES string of the molecule is O=C(OCC12CC3CC(CC(C3)C1)C2)c1cc(F)c(F)c(S(=O)(=O)O)c1. The van der Waals surface area contributed by atoms with E-state index in [1.54, 1.807) is 0 Å². The van der Waals surface area contributed by atoms with Gasteiger partial charge >= 0.3 is 5.97 Å². The Morgan fingerprint density at radius 3 is 2.15 bits per heavy atom. The van der Waals surface area contributed by atoms with E-state index in [1.807, 2.05) is 0 Å². The average molecular weight is 386 g/mol. The first kappa shape index (κ1) is 17.9. The summed E-state index contributed by atoms with van der Waals surface area (Å²) in [7, 11) is -4.99. The zero-order chi connectivity index (χ0) is 18.7. The van der Waals surface area contributed by atoms with E-state index in [4.69, 9.17) is 9.29 Å². The molecule has 0 spiro atoms. The first-order chi connectivity index (χ1) is 12.2. The highest BCUT2D eigenvalue weighted by Crippen LogP contribution is 2.60. The lowest BCUT2D eigenvalue weighted by Gasteiger charge is -2.56. The molecular formula is C18H20F2O5S. The number of hydrogen-bond donors (Lipinski definition) is 1. The molecule has 26 heavy (non-hydrogen) atoms. The maximum absolute atomic E-state index is 13.6. The molecule has 4 aliphatic rings. The van der Waals surface area contributed by atoms with Gasteiger partial charge in [0.25, 0.3) is 10.1 Å². The predicted octanol–water partition coefficient (Wildman–Crippen LogP) is 3.58. The summed E-state index contributed by atoms with van der Waals surface area (Å²) in [6.45, 7) is 0.204. The summed E-state index contributed by atoms with van der Waals surface area (Å²) >= 11 is 0. The fourth-order valence-corrected chi connectivity index (χ4v) is 6.24. The van der Waals surface area contributed by atoms with E-state index < -0.39 is 38.2 Å². The van der Waals surface area contributed by atoms with Crippen LogP contribution in [0.1, 0.15) is 48.9 Å². The van der Waals surface area contributed by atoms with Gasteiger partial charge in [0, 0.05) is 5.41 Å². The van der Waals surface area contributed by atoms with Crippen LogP contribution in [-0.4, -0.2) is 25.5 Å². The quantitative estimate of drug-likeness (QED) is 0.632. The van der Waals surface area contributed by atoms with Gasteiger partial charge in [0.05, 0.1) is 12.2 Å². The topological polar surface area (TPSA) is 80.7 Å². The number of benzene rings is 1. The Balaban J connectivity index is 1.52. The third-order valence-corrected chi connectivity index (χ3v) is 7.04. The van der Waals surface area contributed by atoms with Crippen LogP contribution < -0.4 is 0 Å². The van der Waals surface area contributed by atoms with Crippen molar-refractivity contribution in [1.29, 1.82) is 0 Å². The second kappa shape index (κ2) is 5.99. The minimum Gasteiger partial charge on any atom is -0.462 e. The van der Waals surface area contributed by atoms with Crippen molar-refractivity contribution >= 4 is 16.1 Å². The van der Waals surface area contributed by atoms with Crippen LogP contribution >= 0.6 is 0 Å². The predicted molar refractivity (Wildman–Crippen MR) is 87.1 cm³/mol. The molecule has 1 aromatic rings. The molecule has 1 aromatic carbocycles.